The minimum absolute atomic E-state index is 1.21. The zero-order valence-corrected chi connectivity index (χ0v) is 18.1. The number of hydrogen-bond donors (Lipinski definition) is 0. The lowest BCUT2D eigenvalue weighted by atomic mass is 10.0. The molecule has 7 rings (SSSR count). The van der Waals surface area contributed by atoms with Gasteiger partial charge in [-0.05, 0) is 53.6 Å². The first-order valence-corrected chi connectivity index (χ1v) is 11.7. The molecule has 0 aliphatic heterocycles. The summed E-state index contributed by atoms with van der Waals surface area (Å²) in [4.78, 5) is 0. The van der Waals surface area contributed by atoms with E-state index < -0.39 is 0 Å². The third-order valence-electron chi connectivity index (χ3n) is 6.40. The van der Waals surface area contributed by atoms with E-state index in [1.165, 1.54) is 58.8 Å². The molecule has 2 heterocycles. The molecule has 0 amide bonds. The molecule has 0 unspecified atom stereocenters. The Balaban J connectivity index is 1.53. The van der Waals surface area contributed by atoms with Gasteiger partial charge in [-0.15, -0.1) is 11.3 Å². The van der Waals surface area contributed by atoms with E-state index in [-0.39, 0.29) is 0 Å². The monoisotopic (exact) mass is 425 g/mol. The van der Waals surface area contributed by atoms with E-state index >= 15 is 0 Å². The minimum atomic E-state index is 1.21. The van der Waals surface area contributed by atoms with Crippen LogP contribution in [0.15, 0.2) is 115 Å². The number of fused-ring (bicyclic) bond motifs is 6. The third kappa shape index (κ3) is 2.57. The van der Waals surface area contributed by atoms with Crippen molar-refractivity contribution in [1.82, 2.24) is 4.57 Å². The summed E-state index contributed by atoms with van der Waals surface area (Å²) >= 11 is 1.87. The molecule has 0 aliphatic carbocycles. The molecule has 0 spiro atoms. The van der Waals surface area contributed by atoms with Gasteiger partial charge in [0.1, 0.15) is 0 Å². The Labute approximate surface area is 189 Å². The van der Waals surface area contributed by atoms with Crippen LogP contribution in [0, 0.1) is 0 Å². The fraction of sp³-hybridized carbons (Fsp3) is 0. The van der Waals surface area contributed by atoms with Gasteiger partial charge in [-0.25, -0.2) is 0 Å². The number of rotatable bonds is 2. The van der Waals surface area contributed by atoms with E-state index in [1.807, 2.05) is 11.3 Å². The zero-order chi connectivity index (χ0) is 21.1. The molecule has 0 saturated heterocycles. The molecule has 0 atom stereocenters. The van der Waals surface area contributed by atoms with E-state index in [0.29, 0.717) is 0 Å². The molecule has 32 heavy (non-hydrogen) atoms. The van der Waals surface area contributed by atoms with Gasteiger partial charge in [-0.1, -0.05) is 72.8 Å². The van der Waals surface area contributed by atoms with Crippen molar-refractivity contribution in [3.8, 4) is 16.8 Å². The number of thiophene rings is 1. The molecule has 0 N–H and O–H groups in total. The molecule has 2 heteroatoms. The molecule has 0 saturated carbocycles. The van der Waals surface area contributed by atoms with Crippen molar-refractivity contribution < 1.29 is 0 Å². The summed E-state index contributed by atoms with van der Waals surface area (Å²) in [5.74, 6) is 0. The predicted octanol–water partition coefficient (Wildman–Crippen LogP) is 8.82. The maximum absolute atomic E-state index is 2.41. The molecule has 7 aromatic rings. The lowest BCUT2D eigenvalue weighted by Gasteiger charge is -2.09. The van der Waals surface area contributed by atoms with E-state index in [1.54, 1.807) is 0 Å². The average Bonchev–Trinajstić information content (AvgIpc) is 3.39. The van der Waals surface area contributed by atoms with Crippen LogP contribution in [0.3, 0.4) is 0 Å². The average molecular weight is 426 g/mol. The fourth-order valence-electron chi connectivity index (χ4n) is 4.91. The van der Waals surface area contributed by atoms with Crippen molar-refractivity contribution in [2.45, 2.75) is 0 Å². The highest BCUT2D eigenvalue weighted by Gasteiger charge is 2.14. The van der Waals surface area contributed by atoms with Crippen molar-refractivity contribution >= 4 is 53.3 Å². The molecule has 1 nitrogen and oxygen atoms in total. The van der Waals surface area contributed by atoms with Gasteiger partial charge in [-0.3, -0.25) is 0 Å². The Morgan fingerprint density at radius 1 is 0.438 bits per heavy atom. The Kier molecular flexibility index (Phi) is 3.78. The van der Waals surface area contributed by atoms with E-state index in [0.717, 1.165) is 0 Å². The van der Waals surface area contributed by atoms with Crippen LogP contribution in [-0.2, 0) is 0 Å². The van der Waals surface area contributed by atoms with Gasteiger partial charge >= 0.3 is 0 Å². The first-order valence-electron chi connectivity index (χ1n) is 10.9. The molecule has 5 aromatic carbocycles. The third-order valence-corrected chi connectivity index (χ3v) is 7.55. The summed E-state index contributed by atoms with van der Waals surface area (Å²) in [7, 11) is 0. The second-order valence-electron chi connectivity index (χ2n) is 8.23. The normalized spacial score (nSPS) is 11.8. The predicted molar refractivity (Wildman–Crippen MR) is 139 cm³/mol. The standard InChI is InChI=1S/C30H19NS/c1-2-8-20(9-3-1)21-14-16-28-25(18-21)23-10-4-6-12-27(23)31(28)22-15-17-30-26(19-22)24-11-5-7-13-29(24)32-30/h1-19H. The fourth-order valence-corrected chi connectivity index (χ4v) is 6.00. The van der Waals surface area contributed by atoms with Crippen molar-refractivity contribution in [3.63, 3.8) is 0 Å². The van der Waals surface area contributed by atoms with Crippen LogP contribution in [0.2, 0.25) is 0 Å². The molecule has 0 radical (unpaired) electrons. The number of hydrogen-bond acceptors (Lipinski definition) is 1. The lowest BCUT2D eigenvalue weighted by Crippen LogP contribution is -1.93. The van der Waals surface area contributed by atoms with Gasteiger partial charge in [0.25, 0.3) is 0 Å². The second kappa shape index (κ2) is 6.81. The highest BCUT2D eigenvalue weighted by atomic mass is 32.1. The summed E-state index contributed by atoms with van der Waals surface area (Å²) in [5, 5.41) is 5.24. The number of aromatic nitrogens is 1. The number of nitrogens with zero attached hydrogens (tertiary/aromatic N) is 1. The number of para-hydroxylation sites is 1. The maximum Gasteiger partial charge on any atom is 0.0541 e. The van der Waals surface area contributed by atoms with Crippen LogP contribution in [0.1, 0.15) is 0 Å². The molecular formula is C30H19NS. The van der Waals surface area contributed by atoms with Crippen LogP contribution in [0.5, 0.6) is 0 Å². The van der Waals surface area contributed by atoms with E-state index in [9.17, 15) is 0 Å². The quantitative estimate of drug-likeness (QED) is 0.261. The largest absolute Gasteiger partial charge is 0.309 e. The molecule has 2 aromatic heterocycles. The van der Waals surface area contributed by atoms with Crippen LogP contribution in [0.4, 0.5) is 0 Å². The van der Waals surface area contributed by atoms with Gasteiger partial charge in [0, 0.05) is 36.6 Å². The second-order valence-corrected chi connectivity index (χ2v) is 9.31. The zero-order valence-electron chi connectivity index (χ0n) is 17.3. The van der Waals surface area contributed by atoms with Gasteiger partial charge in [0.15, 0.2) is 0 Å². The smallest absolute Gasteiger partial charge is 0.0541 e. The van der Waals surface area contributed by atoms with Crippen LogP contribution < -0.4 is 0 Å². The van der Waals surface area contributed by atoms with Gasteiger partial charge in [-0.2, -0.15) is 0 Å². The molecule has 0 bridgehead atoms. The summed E-state index contributed by atoms with van der Waals surface area (Å²) in [6, 6.07) is 41.8. The first kappa shape index (κ1) is 17.8. The minimum Gasteiger partial charge on any atom is -0.309 e. The van der Waals surface area contributed by atoms with E-state index in [4.69, 9.17) is 0 Å². The first-order chi connectivity index (χ1) is 15.9. The molecular weight excluding hydrogens is 406 g/mol. The summed E-state index contributed by atoms with van der Waals surface area (Å²) in [6.45, 7) is 0. The highest BCUT2D eigenvalue weighted by Crippen LogP contribution is 2.38. The van der Waals surface area contributed by atoms with Gasteiger partial charge < -0.3 is 4.57 Å². The molecule has 0 aliphatic rings. The summed E-state index contributed by atoms with van der Waals surface area (Å²) in [6.07, 6.45) is 0. The highest BCUT2D eigenvalue weighted by molar-refractivity contribution is 7.25. The topological polar surface area (TPSA) is 4.93 Å². The maximum atomic E-state index is 2.41. The van der Waals surface area contributed by atoms with Crippen LogP contribution >= 0.6 is 11.3 Å². The Hall–Kier alpha value is -3.88. The Morgan fingerprint density at radius 3 is 2.06 bits per heavy atom. The lowest BCUT2D eigenvalue weighted by molar-refractivity contribution is 1.19. The van der Waals surface area contributed by atoms with Gasteiger partial charge in [0.2, 0.25) is 0 Å². The van der Waals surface area contributed by atoms with E-state index in [2.05, 4.69) is 120 Å². The molecule has 0 fully saturated rings. The summed E-state index contributed by atoms with van der Waals surface area (Å²) < 4.78 is 5.09. The summed E-state index contributed by atoms with van der Waals surface area (Å²) in [5.41, 5.74) is 6.19. The van der Waals surface area contributed by atoms with Crippen LogP contribution in [0.25, 0.3) is 58.8 Å². The Bertz CT molecular complexity index is 1770. The SMILES string of the molecule is c1ccc(-c2ccc3c(c2)c2ccccc2n3-c2ccc3sc4ccccc4c3c2)cc1. The number of benzene rings is 5. The van der Waals surface area contributed by atoms with Crippen molar-refractivity contribution in [2.24, 2.45) is 0 Å². The van der Waals surface area contributed by atoms with Crippen molar-refractivity contribution in [3.05, 3.63) is 115 Å². The molecule has 150 valence electrons. The van der Waals surface area contributed by atoms with Crippen LogP contribution in [-0.4, -0.2) is 4.57 Å². The van der Waals surface area contributed by atoms with Crippen molar-refractivity contribution in [1.29, 1.82) is 0 Å². The van der Waals surface area contributed by atoms with Gasteiger partial charge in [0.05, 0.1) is 11.0 Å². The Morgan fingerprint density at radius 2 is 1.16 bits per heavy atom. The van der Waals surface area contributed by atoms with Crippen molar-refractivity contribution in [2.75, 3.05) is 0 Å².